The van der Waals surface area contributed by atoms with Crippen molar-refractivity contribution in [3.63, 3.8) is 0 Å². The molecular weight excluding hydrogens is 973 g/mol. The van der Waals surface area contributed by atoms with Gasteiger partial charge in [-0.3, -0.25) is 0 Å². The number of para-hydroxylation sites is 2. The second-order valence-electron chi connectivity index (χ2n) is 22.8. The van der Waals surface area contributed by atoms with E-state index in [1.54, 1.807) is 0 Å². The molecule has 0 unspecified atom stereocenters. The number of rotatable bonds is 8. The molecule has 80 heavy (non-hydrogen) atoms. The zero-order chi connectivity index (χ0) is 53.4. The third kappa shape index (κ3) is 6.88. The van der Waals surface area contributed by atoms with Gasteiger partial charge < -0.3 is 18.6 Å². The summed E-state index contributed by atoms with van der Waals surface area (Å²) in [5, 5.41) is 6.44. The van der Waals surface area contributed by atoms with Crippen LogP contribution in [0.15, 0.2) is 264 Å². The van der Waals surface area contributed by atoms with Crippen LogP contribution in [0.3, 0.4) is 0 Å². The second kappa shape index (κ2) is 17.3. The molecule has 2 aromatic heterocycles. The van der Waals surface area contributed by atoms with Crippen molar-refractivity contribution in [2.75, 3.05) is 9.80 Å². The van der Waals surface area contributed by atoms with Gasteiger partial charge in [-0.05, 0) is 162 Å². The van der Waals surface area contributed by atoms with Crippen molar-refractivity contribution in [1.29, 1.82) is 0 Å². The molecule has 2 heterocycles. The first kappa shape index (κ1) is 46.2. The van der Waals surface area contributed by atoms with Gasteiger partial charge in [-0.2, -0.15) is 0 Å². The van der Waals surface area contributed by atoms with Crippen LogP contribution in [0.5, 0.6) is 0 Å². The van der Waals surface area contributed by atoms with Crippen molar-refractivity contribution in [2.45, 2.75) is 38.5 Å². The molecule has 380 valence electrons. The van der Waals surface area contributed by atoms with Crippen LogP contribution >= 0.6 is 0 Å². The largest absolute Gasteiger partial charge is 0.452 e. The molecule has 0 amide bonds. The Morgan fingerprint density at radius 1 is 0.263 bits per heavy atom. The monoisotopic (exact) mass is 1030 g/mol. The molecule has 0 atom stereocenters. The normalized spacial score (nSPS) is 13.7. The minimum Gasteiger partial charge on any atom is -0.452 e. The third-order valence-electron chi connectivity index (χ3n) is 17.6. The Morgan fingerprint density at radius 3 is 1.02 bits per heavy atom. The van der Waals surface area contributed by atoms with E-state index < -0.39 is 0 Å². The second-order valence-corrected chi connectivity index (χ2v) is 22.8. The summed E-state index contributed by atoms with van der Waals surface area (Å²) in [5.41, 5.74) is 24.8. The Bertz CT molecular complexity index is 4510. The van der Waals surface area contributed by atoms with Crippen molar-refractivity contribution in [1.82, 2.24) is 0 Å². The highest BCUT2D eigenvalue weighted by molar-refractivity contribution is 6.33. The molecule has 0 N–H and O–H groups in total. The van der Waals surface area contributed by atoms with Gasteiger partial charge in [0.1, 0.15) is 11.2 Å². The number of benzene rings is 12. The lowest BCUT2D eigenvalue weighted by atomic mass is 9.81. The van der Waals surface area contributed by atoms with Crippen LogP contribution in [0.25, 0.3) is 99.2 Å². The molecule has 0 radical (unpaired) electrons. The molecule has 0 aliphatic heterocycles. The van der Waals surface area contributed by atoms with E-state index in [2.05, 4.69) is 292 Å². The number of hydrogen-bond acceptors (Lipinski definition) is 4. The van der Waals surface area contributed by atoms with Gasteiger partial charge >= 0.3 is 0 Å². The van der Waals surface area contributed by atoms with E-state index in [0.717, 1.165) is 88.8 Å². The molecule has 16 rings (SSSR count). The smallest absolute Gasteiger partial charge is 0.179 e. The fourth-order valence-corrected chi connectivity index (χ4v) is 13.6. The van der Waals surface area contributed by atoms with E-state index >= 15 is 0 Å². The van der Waals surface area contributed by atoms with Crippen molar-refractivity contribution in [3.05, 3.63) is 277 Å². The number of nitrogens with zero attached hydrogens (tertiary/aromatic N) is 2. The van der Waals surface area contributed by atoms with Crippen molar-refractivity contribution < 1.29 is 8.83 Å². The van der Waals surface area contributed by atoms with Crippen molar-refractivity contribution in [2.24, 2.45) is 0 Å². The van der Waals surface area contributed by atoms with Crippen LogP contribution in [-0.2, 0) is 10.8 Å². The Labute approximate surface area is 465 Å². The van der Waals surface area contributed by atoms with Crippen molar-refractivity contribution in [3.8, 4) is 44.5 Å². The third-order valence-corrected chi connectivity index (χ3v) is 17.6. The van der Waals surface area contributed by atoms with Crippen LogP contribution in [0, 0.1) is 0 Å². The van der Waals surface area contributed by atoms with Gasteiger partial charge in [0.05, 0.1) is 0 Å². The average molecular weight is 1030 g/mol. The fraction of sp³-hybridized carbons (Fsp3) is 0.0789. The van der Waals surface area contributed by atoms with E-state index in [-0.39, 0.29) is 10.8 Å². The first-order valence-electron chi connectivity index (χ1n) is 27.8. The molecule has 0 bridgehead atoms. The summed E-state index contributed by atoms with van der Waals surface area (Å²) < 4.78 is 14.2. The van der Waals surface area contributed by atoms with E-state index in [0.29, 0.717) is 0 Å². The molecule has 0 saturated heterocycles. The minimum atomic E-state index is -0.0657. The zero-order valence-corrected chi connectivity index (χ0v) is 45.0. The highest BCUT2D eigenvalue weighted by atomic mass is 16.4. The molecule has 0 fully saturated rings. The Morgan fingerprint density at radius 2 is 0.600 bits per heavy atom. The molecule has 12 aromatic carbocycles. The van der Waals surface area contributed by atoms with E-state index in [1.807, 2.05) is 0 Å². The molecule has 4 heteroatoms. The summed E-state index contributed by atoms with van der Waals surface area (Å²) in [6, 6.07) is 92.7. The summed E-state index contributed by atoms with van der Waals surface area (Å²) in [5.74, 6) is 0. The maximum atomic E-state index is 7.10. The SMILES string of the molecule is CC1(C)c2ccccc2-c2ccc(-c3ccc(N(c4ccccc4)c4ccc5c(c4)oc4c6oc7cc(N(c8ccccc8)c8ccc(-c9ccc%10c(c9)C(C)(C)c9ccccc9-%10)cc8)ccc7c6c6ccccc6c54)cc3)cc21. The lowest BCUT2D eigenvalue weighted by Crippen LogP contribution is -2.14. The van der Waals surface area contributed by atoms with Gasteiger partial charge in [-0.25, -0.2) is 0 Å². The standard InChI is InChI=1S/C76H54N2O2/c1-75(2)65-25-15-13-21-57(65)59-39-31-49(43-67(59)75)47-27-33-53(34-28-47)77(51-17-7-5-8-18-51)55-37-41-63-69(45-55)79-73-71(63)61-23-11-12-24-62(61)72-64-42-38-56(46-70(64)80-74(72)73)78(52-19-9-6-10-20-52)54-35-29-48(30-36-54)50-32-40-60-58-22-14-16-26-66(58)76(3,4)68(60)44-50/h5-46H,1-4H3. The first-order chi connectivity index (χ1) is 39.2. The van der Waals surface area contributed by atoms with Crippen LogP contribution in [0.1, 0.15) is 49.9 Å². The van der Waals surface area contributed by atoms with E-state index in [4.69, 9.17) is 8.83 Å². The van der Waals surface area contributed by atoms with Gasteiger partial charge in [0.25, 0.3) is 0 Å². The highest BCUT2D eigenvalue weighted by Crippen LogP contribution is 2.52. The fourth-order valence-electron chi connectivity index (χ4n) is 13.6. The summed E-state index contributed by atoms with van der Waals surface area (Å²) in [4.78, 5) is 4.63. The molecule has 2 aliphatic carbocycles. The molecule has 0 spiro atoms. The topological polar surface area (TPSA) is 32.8 Å². The summed E-state index contributed by atoms with van der Waals surface area (Å²) in [6.45, 7) is 9.37. The lowest BCUT2D eigenvalue weighted by Gasteiger charge is -2.25. The summed E-state index contributed by atoms with van der Waals surface area (Å²) in [6.07, 6.45) is 0. The average Bonchev–Trinajstić information content (AvgIpc) is 4.22. The first-order valence-corrected chi connectivity index (χ1v) is 27.8. The molecule has 4 nitrogen and oxygen atoms in total. The van der Waals surface area contributed by atoms with Gasteiger partial charge in [-0.1, -0.05) is 185 Å². The maximum absolute atomic E-state index is 7.10. The number of hydrogen-bond donors (Lipinski definition) is 0. The summed E-state index contributed by atoms with van der Waals surface area (Å²) in [7, 11) is 0. The Balaban J connectivity index is 0.776. The van der Waals surface area contributed by atoms with Gasteiger partial charge in [0, 0.05) is 78.6 Å². The summed E-state index contributed by atoms with van der Waals surface area (Å²) >= 11 is 0. The van der Waals surface area contributed by atoms with Crippen LogP contribution in [-0.4, -0.2) is 0 Å². The highest BCUT2D eigenvalue weighted by Gasteiger charge is 2.37. The predicted molar refractivity (Wildman–Crippen MR) is 334 cm³/mol. The van der Waals surface area contributed by atoms with Crippen LogP contribution in [0.4, 0.5) is 34.1 Å². The van der Waals surface area contributed by atoms with Crippen LogP contribution in [0.2, 0.25) is 0 Å². The number of anilines is 6. The quantitative estimate of drug-likeness (QED) is 0.152. The van der Waals surface area contributed by atoms with Gasteiger partial charge in [0.2, 0.25) is 0 Å². The predicted octanol–water partition coefficient (Wildman–Crippen LogP) is 21.5. The Hall–Kier alpha value is -9.90. The molecular formula is C76H54N2O2. The lowest BCUT2D eigenvalue weighted by molar-refractivity contribution is 0.633. The zero-order valence-electron chi connectivity index (χ0n) is 45.0. The number of furan rings is 2. The van der Waals surface area contributed by atoms with E-state index in [9.17, 15) is 0 Å². The molecule has 14 aromatic rings. The number of fused-ring (bicyclic) bond motifs is 16. The van der Waals surface area contributed by atoms with Gasteiger partial charge in [0.15, 0.2) is 11.2 Å². The van der Waals surface area contributed by atoms with E-state index in [1.165, 1.54) is 66.8 Å². The molecule has 2 aliphatic rings. The molecule has 0 saturated carbocycles. The Kier molecular flexibility index (Phi) is 9.99. The minimum absolute atomic E-state index is 0.0657. The van der Waals surface area contributed by atoms with Crippen molar-refractivity contribution >= 4 is 88.8 Å². The maximum Gasteiger partial charge on any atom is 0.179 e. The van der Waals surface area contributed by atoms with Gasteiger partial charge in [-0.15, -0.1) is 0 Å². The van der Waals surface area contributed by atoms with Crippen LogP contribution < -0.4 is 9.80 Å².